The minimum atomic E-state index is -4.36. The van der Waals surface area contributed by atoms with Crippen LogP contribution in [-0.2, 0) is 10.1 Å². The highest BCUT2D eigenvalue weighted by Crippen LogP contribution is 1.91. The quantitative estimate of drug-likeness (QED) is 0.415. The van der Waals surface area contributed by atoms with E-state index in [2.05, 4.69) is 0 Å². The summed E-state index contributed by atoms with van der Waals surface area (Å²) in [6, 6.07) is 0. The van der Waals surface area contributed by atoms with Gasteiger partial charge in [-0.3, -0.25) is 0 Å². The van der Waals surface area contributed by atoms with Gasteiger partial charge in [0.25, 0.3) is 0 Å². The van der Waals surface area contributed by atoms with E-state index in [0.717, 1.165) is 0 Å². The van der Waals surface area contributed by atoms with Crippen molar-refractivity contribution < 1.29 is 13.0 Å². The number of hydrogen-bond acceptors (Lipinski definition) is 4. The van der Waals surface area contributed by atoms with Crippen molar-refractivity contribution in [3.8, 4) is 0 Å². The van der Waals surface area contributed by atoms with E-state index in [1.54, 1.807) is 0 Å². The van der Waals surface area contributed by atoms with Crippen LogP contribution in [0.25, 0.3) is 0 Å². The molecular weight excluding hydrogens is 154 g/mol. The summed E-state index contributed by atoms with van der Waals surface area (Å²) in [6.07, 6.45) is 0. The lowest BCUT2D eigenvalue weighted by Gasteiger charge is -2.11. The van der Waals surface area contributed by atoms with Crippen LogP contribution in [0, 0.1) is 0 Å². The third-order valence-corrected chi connectivity index (χ3v) is 1.95. The van der Waals surface area contributed by atoms with Gasteiger partial charge in [-0.05, 0) is 0 Å². The molecule has 0 aliphatic carbocycles. The summed E-state index contributed by atoms with van der Waals surface area (Å²) in [7, 11) is -4.36. The summed E-state index contributed by atoms with van der Waals surface area (Å²) >= 11 is 4.93. The second-order valence-corrected chi connectivity index (χ2v) is 3.09. The SMILES string of the molecule is NC(CCl)S(=O)(=O)[O-]. The fourth-order valence-corrected chi connectivity index (χ4v) is 0.694. The van der Waals surface area contributed by atoms with Crippen molar-refractivity contribution in [3.05, 3.63) is 0 Å². The zero-order valence-corrected chi connectivity index (χ0v) is 5.45. The van der Waals surface area contributed by atoms with Gasteiger partial charge in [0.15, 0.2) is 0 Å². The van der Waals surface area contributed by atoms with Crippen molar-refractivity contribution in [1.82, 2.24) is 0 Å². The molecule has 0 amide bonds. The van der Waals surface area contributed by atoms with E-state index in [0.29, 0.717) is 0 Å². The third-order valence-electron chi connectivity index (χ3n) is 0.523. The molecule has 0 aromatic heterocycles. The minimum absolute atomic E-state index is 0.355. The average molecular weight is 159 g/mol. The maximum atomic E-state index is 9.80. The van der Waals surface area contributed by atoms with Gasteiger partial charge in [-0.1, -0.05) is 0 Å². The first-order valence-corrected chi connectivity index (χ1v) is 3.75. The predicted octanol–water partition coefficient (Wildman–Crippen LogP) is -0.945. The Morgan fingerprint density at radius 1 is 1.75 bits per heavy atom. The van der Waals surface area contributed by atoms with Gasteiger partial charge in [-0.15, -0.1) is 11.6 Å². The van der Waals surface area contributed by atoms with Crippen molar-refractivity contribution in [3.63, 3.8) is 0 Å². The number of alkyl halides is 1. The monoisotopic (exact) mass is 158 g/mol. The fraction of sp³-hybridized carbons (Fsp3) is 1.00. The van der Waals surface area contributed by atoms with E-state index in [1.807, 2.05) is 0 Å². The molecule has 0 aliphatic rings. The second kappa shape index (κ2) is 2.63. The molecule has 0 radical (unpaired) electrons. The van der Waals surface area contributed by atoms with Gasteiger partial charge in [-0.2, -0.15) is 0 Å². The van der Waals surface area contributed by atoms with Crippen LogP contribution < -0.4 is 5.73 Å². The molecule has 0 aromatic carbocycles. The maximum absolute atomic E-state index is 9.80. The first kappa shape index (κ1) is 8.16. The lowest BCUT2D eigenvalue weighted by molar-refractivity contribution is 0.452. The number of halogens is 1. The molecule has 0 fully saturated rings. The van der Waals surface area contributed by atoms with E-state index in [4.69, 9.17) is 17.3 Å². The Kier molecular flexibility index (Phi) is 2.68. The van der Waals surface area contributed by atoms with Crippen LogP contribution in [0.4, 0.5) is 0 Å². The van der Waals surface area contributed by atoms with E-state index in [9.17, 15) is 13.0 Å². The highest BCUT2D eigenvalue weighted by molar-refractivity contribution is 7.86. The van der Waals surface area contributed by atoms with E-state index in [-0.39, 0.29) is 5.88 Å². The highest BCUT2D eigenvalue weighted by atomic mass is 35.5. The summed E-state index contributed by atoms with van der Waals surface area (Å²) < 4.78 is 29.4. The lowest BCUT2D eigenvalue weighted by atomic mass is 10.8. The predicted molar refractivity (Wildman–Crippen MR) is 28.4 cm³/mol. The number of hydrogen-bond donors (Lipinski definition) is 1. The van der Waals surface area contributed by atoms with Crippen LogP contribution >= 0.6 is 11.6 Å². The second-order valence-electron chi connectivity index (χ2n) is 1.19. The molecule has 50 valence electrons. The molecule has 6 heteroatoms. The molecule has 1 unspecified atom stereocenters. The zero-order valence-electron chi connectivity index (χ0n) is 3.87. The van der Waals surface area contributed by atoms with Gasteiger partial charge in [0.05, 0.1) is 5.88 Å². The summed E-state index contributed by atoms with van der Waals surface area (Å²) in [5.41, 5.74) is 4.72. The van der Waals surface area contributed by atoms with Crippen LogP contribution in [0.1, 0.15) is 0 Å². The Bertz CT molecular complexity index is 153. The van der Waals surface area contributed by atoms with Crippen molar-refractivity contribution in [2.45, 2.75) is 5.37 Å². The van der Waals surface area contributed by atoms with Crippen molar-refractivity contribution >= 4 is 21.7 Å². The fourth-order valence-electron chi connectivity index (χ4n) is 0.0772. The summed E-state index contributed by atoms with van der Waals surface area (Å²) in [4.78, 5) is 0. The van der Waals surface area contributed by atoms with Gasteiger partial charge in [0.2, 0.25) is 0 Å². The summed E-state index contributed by atoms with van der Waals surface area (Å²) in [5, 5.41) is -1.47. The molecule has 2 N–H and O–H groups in total. The number of rotatable bonds is 2. The van der Waals surface area contributed by atoms with E-state index in [1.165, 1.54) is 0 Å². The molecule has 0 aromatic rings. The van der Waals surface area contributed by atoms with Crippen LogP contribution in [-0.4, -0.2) is 24.2 Å². The molecule has 0 aliphatic heterocycles. The third kappa shape index (κ3) is 2.46. The Morgan fingerprint density at radius 2 is 2.12 bits per heavy atom. The largest absolute Gasteiger partial charge is 0.747 e. The Morgan fingerprint density at radius 3 is 2.12 bits per heavy atom. The van der Waals surface area contributed by atoms with E-state index < -0.39 is 15.5 Å². The van der Waals surface area contributed by atoms with Gasteiger partial charge < -0.3 is 10.3 Å². The van der Waals surface area contributed by atoms with Crippen LogP contribution in [0.2, 0.25) is 0 Å². The van der Waals surface area contributed by atoms with Gasteiger partial charge in [0.1, 0.15) is 15.5 Å². The molecular formula is C2H5ClNO3S-. The standard InChI is InChI=1S/C2H6ClNO3S/c3-1-2(4)8(5,6)7/h2H,1,4H2,(H,5,6,7)/p-1. The zero-order chi connectivity index (χ0) is 6.78. The highest BCUT2D eigenvalue weighted by Gasteiger charge is 2.06. The summed E-state index contributed by atoms with van der Waals surface area (Å²) in [6.45, 7) is 0. The first-order chi connectivity index (χ1) is 3.48. The van der Waals surface area contributed by atoms with Crippen LogP contribution in [0.15, 0.2) is 0 Å². The van der Waals surface area contributed by atoms with Gasteiger partial charge in [0, 0.05) is 0 Å². The molecule has 4 nitrogen and oxygen atoms in total. The van der Waals surface area contributed by atoms with Crippen LogP contribution in [0.5, 0.6) is 0 Å². The Labute approximate surface area is 52.4 Å². The van der Waals surface area contributed by atoms with Crippen molar-refractivity contribution in [2.75, 3.05) is 5.88 Å². The topological polar surface area (TPSA) is 83.2 Å². The number of nitrogens with two attached hydrogens (primary N) is 1. The minimum Gasteiger partial charge on any atom is -0.747 e. The molecule has 0 saturated heterocycles. The van der Waals surface area contributed by atoms with Gasteiger partial charge in [-0.25, -0.2) is 8.42 Å². The maximum Gasteiger partial charge on any atom is 0.112 e. The van der Waals surface area contributed by atoms with Crippen molar-refractivity contribution in [1.29, 1.82) is 0 Å². The average Bonchev–Trinajstić information content (AvgIpc) is 1.62. The Balaban J connectivity index is 4.04. The lowest BCUT2D eigenvalue weighted by Crippen LogP contribution is -2.31. The molecule has 0 spiro atoms. The Hall–Kier alpha value is 0.160. The van der Waals surface area contributed by atoms with Crippen molar-refractivity contribution in [2.24, 2.45) is 5.73 Å². The summed E-state index contributed by atoms with van der Waals surface area (Å²) in [5.74, 6) is -0.355. The molecule has 0 heterocycles. The molecule has 0 rings (SSSR count). The smallest absolute Gasteiger partial charge is 0.112 e. The normalized spacial score (nSPS) is 15.9. The van der Waals surface area contributed by atoms with Gasteiger partial charge >= 0.3 is 0 Å². The molecule has 8 heavy (non-hydrogen) atoms. The van der Waals surface area contributed by atoms with E-state index >= 15 is 0 Å². The molecule has 0 bridgehead atoms. The molecule has 1 atom stereocenters. The van der Waals surface area contributed by atoms with Crippen LogP contribution in [0.3, 0.4) is 0 Å². The molecule has 0 saturated carbocycles. The first-order valence-electron chi connectivity index (χ1n) is 1.74.